The van der Waals surface area contributed by atoms with E-state index in [0.717, 1.165) is 6.54 Å². The number of rotatable bonds is 4. The summed E-state index contributed by atoms with van der Waals surface area (Å²) >= 11 is 1.67. The monoisotopic (exact) mass is 221 g/mol. The lowest BCUT2D eigenvalue weighted by Gasteiger charge is -2.04. The molecular formula is C12H12FNS. The van der Waals surface area contributed by atoms with Crippen molar-refractivity contribution in [2.24, 2.45) is 0 Å². The van der Waals surface area contributed by atoms with Crippen molar-refractivity contribution in [1.29, 1.82) is 0 Å². The summed E-state index contributed by atoms with van der Waals surface area (Å²) in [5.41, 5.74) is 1.96. The fourth-order valence-electron chi connectivity index (χ4n) is 1.38. The summed E-state index contributed by atoms with van der Waals surface area (Å²) in [4.78, 5) is 0. The van der Waals surface area contributed by atoms with E-state index in [-0.39, 0.29) is 5.82 Å². The van der Waals surface area contributed by atoms with Gasteiger partial charge in [0.25, 0.3) is 0 Å². The average Bonchev–Trinajstić information content (AvgIpc) is 2.74. The van der Waals surface area contributed by atoms with Crippen molar-refractivity contribution in [2.75, 3.05) is 0 Å². The van der Waals surface area contributed by atoms with E-state index in [1.54, 1.807) is 23.5 Å². The Labute approximate surface area is 92.6 Å². The number of benzene rings is 1. The first-order chi connectivity index (χ1) is 7.36. The third-order valence-electron chi connectivity index (χ3n) is 2.18. The molecule has 0 aliphatic heterocycles. The minimum Gasteiger partial charge on any atom is -0.308 e. The summed E-state index contributed by atoms with van der Waals surface area (Å²) in [5.74, 6) is -0.143. The van der Waals surface area contributed by atoms with Crippen LogP contribution in [0.15, 0.2) is 41.1 Å². The smallest absolute Gasteiger partial charge is 0.127 e. The Balaban J connectivity index is 1.86. The highest BCUT2D eigenvalue weighted by Gasteiger charge is 1.99. The predicted molar refractivity (Wildman–Crippen MR) is 61.3 cm³/mol. The molecule has 0 bridgehead atoms. The molecule has 2 aromatic rings. The lowest BCUT2D eigenvalue weighted by atomic mass is 10.2. The van der Waals surface area contributed by atoms with Gasteiger partial charge in [0.05, 0.1) is 0 Å². The summed E-state index contributed by atoms with van der Waals surface area (Å²) in [6.07, 6.45) is 0. The van der Waals surface area contributed by atoms with Crippen LogP contribution in [0.4, 0.5) is 4.39 Å². The molecule has 0 atom stereocenters. The zero-order valence-corrected chi connectivity index (χ0v) is 9.06. The third-order valence-corrected chi connectivity index (χ3v) is 2.91. The van der Waals surface area contributed by atoms with Crippen LogP contribution < -0.4 is 5.32 Å². The Morgan fingerprint density at radius 1 is 1.13 bits per heavy atom. The molecule has 0 aliphatic carbocycles. The zero-order chi connectivity index (χ0) is 10.5. The van der Waals surface area contributed by atoms with Gasteiger partial charge in [-0.25, -0.2) is 4.39 Å². The van der Waals surface area contributed by atoms with Crippen LogP contribution in [0.2, 0.25) is 0 Å². The molecule has 0 unspecified atom stereocenters. The van der Waals surface area contributed by atoms with Crippen LogP contribution in [0.25, 0.3) is 0 Å². The predicted octanol–water partition coefficient (Wildman–Crippen LogP) is 3.18. The highest BCUT2D eigenvalue weighted by molar-refractivity contribution is 7.07. The fourth-order valence-corrected chi connectivity index (χ4v) is 2.05. The van der Waals surface area contributed by atoms with E-state index in [1.165, 1.54) is 11.6 Å². The van der Waals surface area contributed by atoms with E-state index in [9.17, 15) is 4.39 Å². The van der Waals surface area contributed by atoms with Gasteiger partial charge in [0.1, 0.15) is 5.82 Å². The maximum absolute atomic E-state index is 13.2. The topological polar surface area (TPSA) is 12.0 Å². The molecule has 1 N–H and O–H groups in total. The number of hydrogen-bond acceptors (Lipinski definition) is 2. The van der Waals surface area contributed by atoms with Crippen molar-refractivity contribution in [3.8, 4) is 0 Å². The summed E-state index contributed by atoms with van der Waals surface area (Å²) in [6, 6.07) is 8.92. The highest BCUT2D eigenvalue weighted by atomic mass is 32.1. The molecule has 3 heteroatoms. The molecule has 1 aromatic carbocycles. The van der Waals surface area contributed by atoms with Gasteiger partial charge in [-0.1, -0.05) is 18.2 Å². The van der Waals surface area contributed by atoms with Gasteiger partial charge in [-0.3, -0.25) is 0 Å². The third kappa shape index (κ3) is 2.88. The first kappa shape index (κ1) is 10.3. The minimum atomic E-state index is -0.143. The molecule has 0 aliphatic rings. The quantitative estimate of drug-likeness (QED) is 0.836. The van der Waals surface area contributed by atoms with Crippen molar-refractivity contribution < 1.29 is 4.39 Å². The maximum Gasteiger partial charge on any atom is 0.127 e. The van der Waals surface area contributed by atoms with Gasteiger partial charge in [-0.15, -0.1) is 0 Å². The van der Waals surface area contributed by atoms with E-state index < -0.39 is 0 Å². The van der Waals surface area contributed by atoms with Crippen LogP contribution in [-0.2, 0) is 13.1 Å². The molecule has 1 aromatic heterocycles. The van der Waals surface area contributed by atoms with Crippen LogP contribution in [0.1, 0.15) is 11.1 Å². The Bertz CT molecular complexity index is 411. The van der Waals surface area contributed by atoms with Crippen molar-refractivity contribution in [3.63, 3.8) is 0 Å². The number of hydrogen-bond donors (Lipinski definition) is 1. The van der Waals surface area contributed by atoms with E-state index in [2.05, 4.69) is 16.8 Å². The molecule has 1 heterocycles. The van der Waals surface area contributed by atoms with Crippen molar-refractivity contribution in [1.82, 2.24) is 5.32 Å². The average molecular weight is 221 g/mol. The molecule has 78 valence electrons. The maximum atomic E-state index is 13.2. The number of thiophene rings is 1. The standard InChI is InChI=1S/C12H12FNS/c13-12-4-2-1-3-11(12)8-14-7-10-5-6-15-9-10/h1-6,9,14H,7-8H2. The van der Waals surface area contributed by atoms with Gasteiger partial charge in [0.2, 0.25) is 0 Å². The molecule has 0 fully saturated rings. The zero-order valence-electron chi connectivity index (χ0n) is 8.24. The molecule has 0 radical (unpaired) electrons. The first-order valence-corrected chi connectivity index (χ1v) is 5.76. The van der Waals surface area contributed by atoms with Gasteiger partial charge in [0, 0.05) is 18.7 Å². The molecule has 0 spiro atoms. The van der Waals surface area contributed by atoms with Crippen molar-refractivity contribution >= 4 is 11.3 Å². The molecule has 0 amide bonds. The van der Waals surface area contributed by atoms with Crippen LogP contribution in [-0.4, -0.2) is 0 Å². The summed E-state index contributed by atoms with van der Waals surface area (Å²) < 4.78 is 13.2. The van der Waals surface area contributed by atoms with Crippen LogP contribution in [0.5, 0.6) is 0 Å². The lowest BCUT2D eigenvalue weighted by molar-refractivity contribution is 0.588. The SMILES string of the molecule is Fc1ccccc1CNCc1ccsc1. The van der Waals surface area contributed by atoms with Crippen molar-refractivity contribution in [3.05, 3.63) is 58.0 Å². The molecule has 0 saturated carbocycles. The van der Waals surface area contributed by atoms with Crippen LogP contribution in [0, 0.1) is 5.82 Å². The van der Waals surface area contributed by atoms with E-state index >= 15 is 0 Å². The highest BCUT2D eigenvalue weighted by Crippen LogP contribution is 2.08. The van der Waals surface area contributed by atoms with E-state index in [4.69, 9.17) is 0 Å². The minimum absolute atomic E-state index is 0.143. The molecule has 2 rings (SSSR count). The van der Waals surface area contributed by atoms with Gasteiger partial charge in [-0.2, -0.15) is 11.3 Å². The number of halogens is 1. The second-order valence-corrected chi connectivity index (χ2v) is 4.11. The lowest BCUT2D eigenvalue weighted by Crippen LogP contribution is -2.13. The molecule has 0 saturated heterocycles. The van der Waals surface area contributed by atoms with E-state index in [0.29, 0.717) is 12.1 Å². The summed E-state index contributed by atoms with van der Waals surface area (Å²) in [5, 5.41) is 7.34. The Morgan fingerprint density at radius 2 is 2.00 bits per heavy atom. The summed E-state index contributed by atoms with van der Waals surface area (Å²) in [6.45, 7) is 1.36. The second-order valence-electron chi connectivity index (χ2n) is 3.33. The fraction of sp³-hybridized carbons (Fsp3) is 0.167. The van der Waals surface area contributed by atoms with Crippen LogP contribution in [0.3, 0.4) is 0 Å². The second kappa shape index (κ2) is 5.05. The van der Waals surface area contributed by atoms with Gasteiger partial charge in [-0.05, 0) is 28.5 Å². The molecule has 15 heavy (non-hydrogen) atoms. The number of nitrogens with one attached hydrogen (secondary N) is 1. The largest absolute Gasteiger partial charge is 0.308 e. The van der Waals surface area contributed by atoms with Crippen molar-refractivity contribution in [2.45, 2.75) is 13.1 Å². The normalized spacial score (nSPS) is 10.5. The van der Waals surface area contributed by atoms with Gasteiger partial charge >= 0.3 is 0 Å². The van der Waals surface area contributed by atoms with E-state index in [1.807, 2.05) is 11.4 Å². The first-order valence-electron chi connectivity index (χ1n) is 4.81. The molecular weight excluding hydrogens is 209 g/mol. The van der Waals surface area contributed by atoms with Gasteiger partial charge < -0.3 is 5.32 Å². The molecule has 1 nitrogen and oxygen atoms in total. The Hall–Kier alpha value is -1.19. The Kier molecular flexibility index (Phi) is 3.48. The van der Waals surface area contributed by atoms with Gasteiger partial charge in [0.15, 0.2) is 0 Å². The summed E-state index contributed by atoms with van der Waals surface area (Å²) in [7, 11) is 0. The Morgan fingerprint density at radius 3 is 2.73 bits per heavy atom. The van der Waals surface area contributed by atoms with Crippen LogP contribution >= 0.6 is 11.3 Å².